The van der Waals surface area contributed by atoms with Crippen molar-refractivity contribution in [3.8, 4) is 5.82 Å². The summed E-state index contributed by atoms with van der Waals surface area (Å²) in [4.78, 5) is 23.4. The maximum absolute atomic E-state index is 12.0. The van der Waals surface area contributed by atoms with Crippen LogP contribution in [0.3, 0.4) is 0 Å². The lowest BCUT2D eigenvalue weighted by Gasteiger charge is -2.06. The van der Waals surface area contributed by atoms with Gasteiger partial charge in [0.25, 0.3) is 11.5 Å². The van der Waals surface area contributed by atoms with Gasteiger partial charge in [0.05, 0.1) is 6.54 Å². The molecule has 0 aromatic carbocycles. The van der Waals surface area contributed by atoms with Crippen LogP contribution >= 0.6 is 0 Å². The van der Waals surface area contributed by atoms with Gasteiger partial charge in [0, 0.05) is 31.2 Å². The SMILES string of the molecule is O=C(NCCn1ncccc1=O)c1ccc(-n2cccn2)nn1. The number of hydrogen-bond acceptors (Lipinski definition) is 6. The van der Waals surface area contributed by atoms with Gasteiger partial charge in [-0.2, -0.15) is 10.2 Å². The second kappa shape index (κ2) is 6.60. The molecule has 0 saturated carbocycles. The van der Waals surface area contributed by atoms with E-state index in [-0.39, 0.29) is 30.2 Å². The molecule has 0 aliphatic rings. The van der Waals surface area contributed by atoms with Crippen molar-refractivity contribution in [3.05, 3.63) is 65.0 Å². The molecule has 0 atom stereocenters. The minimum Gasteiger partial charge on any atom is -0.349 e. The van der Waals surface area contributed by atoms with Gasteiger partial charge in [-0.25, -0.2) is 9.36 Å². The number of nitrogens with one attached hydrogen (secondary N) is 1. The number of amides is 1. The second-order valence-electron chi connectivity index (χ2n) is 4.57. The topological polar surface area (TPSA) is 108 Å². The highest BCUT2D eigenvalue weighted by atomic mass is 16.2. The summed E-state index contributed by atoms with van der Waals surface area (Å²) in [5.74, 6) is 0.153. The summed E-state index contributed by atoms with van der Waals surface area (Å²) in [7, 11) is 0. The number of carbonyl (C=O) groups excluding carboxylic acids is 1. The van der Waals surface area contributed by atoms with Gasteiger partial charge < -0.3 is 5.32 Å². The number of nitrogens with zero attached hydrogens (tertiary/aromatic N) is 6. The lowest BCUT2D eigenvalue weighted by atomic mass is 10.3. The molecule has 9 nitrogen and oxygen atoms in total. The molecule has 116 valence electrons. The van der Waals surface area contributed by atoms with Crippen LogP contribution in [0, 0.1) is 0 Å². The van der Waals surface area contributed by atoms with E-state index in [1.54, 1.807) is 41.3 Å². The fourth-order valence-electron chi connectivity index (χ4n) is 1.89. The molecule has 0 bridgehead atoms. The van der Waals surface area contributed by atoms with E-state index in [4.69, 9.17) is 0 Å². The van der Waals surface area contributed by atoms with E-state index < -0.39 is 0 Å². The second-order valence-corrected chi connectivity index (χ2v) is 4.57. The van der Waals surface area contributed by atoms with E-state index >= 15 is 0 Å². The lowest BCUT2D eigenvalue weighted by Crippen LogP contribution is -2.32. The predicted octanol–water partition coefficient (Wildman–Crippen LogP) is -0.351. The summed E-state index contributed by atoms with van der Waals surface area (Å²) in [5, 5.41) is 18.4. The minimum atomic E-state index is -0.367. The van der Waals surface area contributed by atoms with Crippen molar-refractivity contribution in [1.29, 1.82) is 0 Å². The molecular formula is C14H13N7O2. The summed E-state index contributed by atoms with van der Waals surface area (Å²) in [6.07, 6.45) is 4.87. The van der Waals surface area contributed by atoms with Crippen LogP contribution in [0.25, 0.3) is 5.82 Å². The van der Waals surface area contributed by atoms with Gasteiger partial charge >= 0.3 is 0 Å². The molecule has 0 fully saturated rings. The number of hydrogen-bond donors (Lipinski definition) is 1. The van der Waals surface area contributed by atoms with Crippen LogP contribution in [0.1, 0.15) is 10.5 Å². The smallest absolute Gasteiger partial charge is 0.271 e. The number of aromatic nitrogens is 6. The maximum atomic E-state index is 12.0. The van der Waals surface area contributed by atoms with Crippen LogP contribution in [0.4, 0.5) is 0 Å². The highest BCUT2D eigenvalue weighted by Gasteiger charge is 2.08. The first kappa shape index (κ1) is 14.6. The molecule has 3 aromatic heterocycles. The minimum absolute atomic E-state index is 0.189. The normalized spacial score (nSPS) is 10.4. The van der Waals surface area contributed by atoms with E-state index in [0.717, 1.165) is 0 Å². The zero-order valence-electron chi connectivity index (χ0n) is 12.0. The quantitative estimate of drug-likeness (QED) is 0.690. The van der Waals surface area contributed by atoms with Crippen LogP contribution in [0.15, 0.2) is 53.7 Å². The van der Waals surface area contributed by atoms with Gasteiger partial charge in [0.1, 0.15) is 0 Å². The third kappa shape index (κ3) is 3.46. The van der Waals surface area contributed by atoms with Crippen LogP contribution in [-0.4, -0.2) is 42.2 Å². The van der Waals surface area contributed by atoms with Crippen molar-refractivity contribution in [1.82, 2.24) is 35.1 Å². The zero-order chi connectivity index (χ0) is 16.1. The largest absolute Gasteiger partial charge is 0.349 e. The Morgan fingerprint density at radius 1 is 1.09 bits per heavy atom. The maximum Gasteiger partial charge on any atom is 0.271 e. The summed E-state index contributed by atoms with van der Waals surface area (Å²) < 4.78 is 2.81. The average Bonchev–Trinajstić information content (AvgIpc) is 3.11. The third-order valence-electron chi connectivity index (χ3n) is 3.02. The number of rotatable bonds is 5. The highest BCUT2D eigenvalue weighted by molar-refractivity contribution is 5.92. The van der Waals surface area contributed by atoms with E-state index in [2.05, 4.69) is 25.7 Å². The fourth-order valence-corrected chi connectivity index (χ4v) is 1.89. The molecule has 3 rings (SSSR count). The standard InChI is InChI=1S/C14H13N7O2/c22-13-3-1-6-17-21(13)10-8-15-14(23)11-4-5-12(19-18-11)20-9-2-7-16-20/h1-7,9H,8,10H2,(H,15,23). The Hall–Kier alpha value is -3.36. The molecule has 1 amide bonds. The molecule has 0 saturated heterocycles. The Labute approximate surface area is 130 Å². The first-order valence-corrected chi connectivity index (χ1v) is 6.88. The summed E-state index contributed by atoms with van der Waals surface area (Å²) in [6.45, 7) is 0.544. The van der Waals surface area contributed by atoms with E-state index in [1.165, 1.54) is 16.9 Å². The third-order valence-corrected chi connectivity index (χ3v) is 3.02. The average molecular weight is 311 g/mol. The molecule has 3 heterocycles. The zero-order valence-corrected chi connectivity index (χ0v) is 12.0. The highest BCUT2D eigenvalue weighted by Crippen LogP contribution is 2.01. The van der Waals surface area contributed by atoms with Gasteiger partial charge in [0.2, 0.25) is 0 Å². The molecule has 0 spiro atoms. The van der Waals surface area contributed by atoms with Crippen molar-refractivity contribution < 1.29 is 4.79 Å². The van der Waals surface area contributed by atoms with Crippen molar-refractivity contribution in [2.24, 2.45) is 0 Å². The van der Waals surface area contributed by atoms with E-state index in [0.29, 0.717) is 5.82 Å². The summed E-state index contributed by atoms with van der Waals surface area (Å²) in [6, 6.07) is 7.95. The fraction of sp³-hybridized carbons (Fsp3) is 0.143. The predicted molar refractivity (Wildman–Crippen MR) is 80.0 cm³/mol. The molecule has 0 unspecified atom stereocenters. The Kier molecular flexibility index (Phi) is 4.18. The molecule has 9 heteroatoms. The first-order valence-electron chi connectivity index (χ1n) is 6.88. The Balaban J connectivity index is 1.58. The van der Waals surface area contributed by atoms with E-state index in [1.807, 2.05) is 0 Å². The van der Waals surface area contributed by atoms with E-state index in [9.17, 15) is 9.59 Å². The molecule has 23 heavy (non-hydrogen) atoms. The van der Waals surface area contributed by atoms with Gasteiger partial charge in [-0.15, -0.1) is 10.2 Å². The Morgan fingerprint density at radius 3 is 2.65 bits per heavy atom. The molecule has 0 radical (unpaired) electrons. The van der Waals surface area contributed by atoms with Gasteiger partial charge in [-0.05, 0) is 24.3 Å². The Bertz CT molecular complexity index is 840. The van der Waals surface area contributed by atoms with Gasteiger partial charge in [-0.3, -0.25) is 9.59 Å². The molecule has 0 aliphatic heterocycles. The number of carbonyl (C=O) groups is 1. The van der Waals surface area contributed by atoms with Crippen LogP contribution in [0.5, 0.6) is 0 Å². The summed E-state index contributed by atoms with van der Waals surface area (Å²) >= 11 is 0. The molecule has 3 aromatic rings. The first-order chi connectivity index (χ1) is 11.2. The van der Waals surface area contributed by atoms with Crippen LogP contribution in [0.2, 0.25) is 0 Å². The van der Waals surface area contributed by atoms with Gasteiger partial charge in [-0.1, -0.05) is 0 Å². The Morgan fingerprint density at radius 2 is 1.96 bits per heavy atom. The molecular weight excluding hydrogens is 298 g/mol. The molecule has 0 aliphatic carbocycles. The van der Waals surface area contributed by atoms with Gasteiger partial charge in [0.15, 0.2) is 11.5 Å². The van der Waals surface area contributed by atoms with Crippen molar-refractivity contribution >= 4 is 5.91 Å². The van der Waals surface area contributed by atoms with Crippen molar-refractivity contribution in [2.75, 3.05) is 6.54 Å². The molecule has 1 N–H and O–H groups in total. The monoisotopic (exact) mass is 311 g/mol. The van der Waals surface area contributed by atoms with Crippen molar-refractivity contribution in [3.63, 3.8) is 0 Å². The lowest BCUT2D eigenvalue weighted by molar-refractivity contribution is 0.0945. The van der Waals surface area contributed by atoms with Crippen LogP contribution < -0.4 is 10.9 Å². The van der Waals surface area contributed by atoms with Crippen molar-refractivity contribution in [2.45, 2.75) is 6.54 Å². The van der Waals surface area contributed by atoms with Crippen LogP contribution in [-0.2, 0) is 6.54 Å². The summed E-state index contributed by atoms with van der Waals surface area (Å²) in [5.41, 5.74) is -0.0283.